The molecule has 1 aliphatic rings. The van der Waals surface area contributed by atoms with Gasteiger partial charge in [0.1, 0.15) is 0 Å². The van der Waals surface area contributed by atoms with Gasteiger partial charge in [-0.15, -0.1) is 56.9 Å². The van der Waals surface area contributed by atoms with E-state index in [2.05, 4.69) is 12.1 Å². The van der Waals surface area contributed by atoms with E-state index < -0.39 is 7.82 Å². The molecule has 4 aromatic carbocycles. The van der Waals surface area contributed by atoms with Crippen LogP contribution in [0, 0.1) is 12.1 Å². The van der Waals surface area contributed by atoms with E-state index in [1.165, 1.54) is 0 Å². The number of phosphoric ester groups is 1. The number of hydrogen-bond donors (Lipinski definition) is 1. The van der Waals surface area contributed by atoms with Crippen LogP contribution in [0.2, 0.25) is 0 Å². The van der Waals surface area contributed by atoms with Crippen molar-refractivity contribution in [1.29, 1.82) is 0 Å². The number of fused-ring (bicyclic) bond motifs is 7. The first-order valence-corrected chi connectivity index (χ1v) is 9.21. The molecule has 128 valence electrons. The third-order valence-corrected chi connectivity index (χ3v) is 5.12. The summed E-state index contributed by atoms with van der Waals surface area (Å²) in [5.74, 6) is 0.404. The second-order valence-corrected chi connectivity index (χ2v) is 7.11. The third kappa shape index (κ3) is 3.69. The van der Waals surface area contributed by atoms with Crippen molar-refractivity contribution in [1.82, 2.24) is 0 Å². The molecule has 5 rings (SSSR count). The predicted molar refractivity (Wildman–Crippen MR) is 95.6 cm³/mol. The van der Waals surface area contributed by atoms with Crippen LogP contribution in [0.25, 0.3) is 32.7 Å². The minimum atomic E-state index is -4.31. The third-order valence-electron chi connectivity index (χ3n) is 4.30. The summed E-state index contributed by atoms with van der Waals surface area (Å²) in [6, 6.07) is 25.0. The van der Waals surface area contributed by atoms with Gasteiger partial charge in [0.15, 0.2) is 0 Å². The second kappa shape index (κ2) is 8.03. The molecule has 0 fully saturated rings. The zero-order valence-corrected chi connectivity index (χ0v) is 20.6. The van der Waals surface area contributed by atoms with Gasteiger partial charge >= 0.3 is 7.82 Å². The van der Waals surface area contributed by atoms with Gasteiger partial charge < -0.3 is 9.05 Å². The topological polar surface area (TPSA) is 55.8 Å². The first kappa shape index (κ1) is 21.1. The molecular weight excluding hydrogens is 513 g/mol. The van der Waals surface area contributed by atoms with Gasteiger partial charge in [0, 0.05) is 76.9 Å². The van der Waals surface area contributed by atoms with Crippen molar-refractivity contribution in [2.75, 3.05) is 0 Å². The second-order valence-electron chi connectivity index (χ2n) is 5.81. The minimum absolute atomic E-state index is 0. The Morgan fingerprint density at radius 1 is 0.741 bits per heavy atom. The Kier molecular flexibility index (Phi) is 6.28. The summed E-state index contributed by atoms with van der Waals surface area (Å²) in [5.41, 5.74) is 1.38. The largest absolute Gasteiger partial charge is 0.580 e. The van der Waals surface area contributed by atoms with Crippen LogP contribution in [0.5, 0.6) is 11.5 Å². The van der Waals surface area contributed by atoms with Crippen LogP contribution in [-0.2, 0) is 70.0 Å². The number of rotatable bonds is 0. The molecule has 0 saturated heterocycles. The first-order chi connectivity index (χ1) is 12.1. The van der Waals surface area contributed by atoms with Crippen LogP contribution >= 0.6 is 7.82 Å². The molecular formula is C20H11O4PY2-2. The Bertz CT molecular complexity index is 1120. The van der Waals surface area contributed by atoms with Gasteiger partial charge in [-0.3, -0.25) is 4.89 Å². The zero-order valence-electron chi connectivity index (χ0n) is 14.0. The Labute approximate surface area is 206 Å². The molecule has 1 N–H and O–H groups in total. The van der Waals surface area contributed by atoms with Gasteiger partial charge in [0.2, 0.25) is 0 Å². The van der Waals surface area contributed by atoms with Crippen molar-refractivity contribution in [3.05, 3.63) is 72.8 Å². The molecule has 0 aliphatic carbocycles. The van der Waals surface area contributed by atoms with Gasteiger partial charge in [0.05, 0.1) is 0 Å². The van der Waals surface area contributed by atoms with Crippen LogP contribution < -0.4 is 9.05 Å². The number of hydrogen-bond acceptors (Lipinski definition) is 3. The summed E-state index contributed by atoms with van der Waals surface area (Å²) in [5, 5.41) is 3.71. The van der Waals surface area contributed by atoms with Gasteiger partial charge in [0.25, 0.3) is 0 Å². The summed E-state index contributed by atoms with van der Waals surface area (Å²) in [7, 11) is -4.31. The maximum atomic E-state index is 12.3. The first-order valence-electron chi connectivity index (χ1n) is 7.72. The van der Waals surface area contributed by atoms with E-state index in [1.807, 2.05) is 48.5 Å². The maximum absolute atomic E-state index is 12.3. The molecule has 0 amide bonds. The predicted octanol–water partition coefficient (Wildman–Crippen LogP) is 5.13. The monoisotopic (exact) mass is 524 g/mol. The maximum Gasteiger partial charge on any atom is 0.580 e. The van der Waals surface area contributed by atoms with Crippen molar-refractivity contribution >= 4 is 29.4 Å². The summed E-state index contributed by atoms with van der Waals surface area (Å²) < 4.78 is 22.9. The SMILES string of the molecule is O=P1(O)Oc2[c-]cc3ccccc3c2-c2c([c-]cc3ccccc23)O1.[Y].[Y]. The smallest absolute Gasteiger partial charge is 0.423 e. The van der Waals surface area contributed by atoms with Gasteiger partial charge in [-0.1, -0.05) is 36.4 Å². The Balaban J connectivity index is 0.00000105. The summed E-state index contributed by atoms with van der Waals surface area (Å²) in [4.78, 5) is 10.1. The average molecular weight is 524 g/mol. The fraction of sp³-hybridized carbons (Fsp3) is 0. The van der Waals surface area contributed by atoms with Crippen molar-refractivity contribution in [2.45, 2.75) is 0 Å². The average Bonchev–Trinajstić information content (AvgIpc) is 2.73. The fourth-order valence-corrected chi connectivity index (χ4v) is 4.05. The molecule has 0 saturated carbocycles. The van der Waals surface area contributed by atoms with Crippen molar-refractivity contribution in [2.24, 2.45) is 0 Å². The van der Waals surface area contributed by atoms with E-state index in [4.69, 9.17) is 9.05 Å². The van der Waals surface area contributed by atoms with E-state index in [1.54, 1.807) is 12.1 Å². The molecule has 0 spiro atoms. The number of benzene rings is 4. The van der Waals surface area contributed by atoms with E-state index in [-0.39, 0.29) is 76.9 Å². The van der Waals surface area contributed by atoms with Gasteiger partial charge in [-0.25, -0.2) is 4.57 Å². The summed E-state index contributed by atoms with van der Waals surface area (Å²) in [6.45, 7) is 0. The standard InChI is InChI=1S/C20H11O4P.2Y/c21-25(22)23-17-11-9-13-5-1-3-7-15(13)19(17)20-16-8-4-2-6-14(16)10-12-18(20)24-25;;/h1-10H,(H,21,22);;/q-2;;. The quantitative estimate of drug-likeness (QED) is 0.256. The molecule has 0 unspecified atom stereocenters. The normalized spacial score (nSPS) is 13.8. The van der Waals surface area contributed by atoms with E-state index in [0.717, 1.165) is 21.5 Å². The molecule has 0 atom stereocenters. The molecule has 27 heavy (non-hydrogen) atoms. The minimum Gasteiger partial charge on any atom is -0.423 e. The van der Waals surface area contributed by atoms with Crippen molar-refractivity contribution in [3.63, 3.8) is 0 Å². The van der Waals surface area contributed by atoms with Crippen LogP contribution in [0.15, 0.2) is 60.7 Å². The van der Waals surface area contributed by atoms with Crippen LogP contribution in [-0.4, -0.2) is 4.89 Å². The summed E-state index contributed by atoms with van der Waals surface area (Å²) in [6.07, 6.45) is 0. The molecule has 2 radical (unpaired) electrons. The molecule has 1 heterocycles. The zero-order chi connectivity index (χ0) is 17.0. The molecule has 0 bridgehead atoms. The van der Waals surface area contributed by atoms with Crippen LogP contribution in [0.3, 0.4) is 0 Å². The number of phosphoric acid groups is 1. The molecule has 4 nitrogen and oxygen atoms in total. The Hall–Kier alpha value is -0.602. The summed E-state index contributed by atoms with van der Waals surface area (Å²) >= 11 is 0. The van der Waals surface area contributed by atoms with E-state index in [9.17, 15) is 9.46 Å². The molecule has 0 aromatic heterocycles. The molecule has 7 heteroatoms. The van der Waals surface area contributed by atoms with Crippen LogP contribution in [0.1, 0.15) is 0 Å². The van der Waals surface area contributed by atoms with E-state index >= 15 is 0 Å². The Morgan fingerprint density at radius 3 is 1.59 bits per heavy atom. The van der Waals surface area contributed by atoms with Crippen LogP contribution in [0.4, 0.5) is 0 Å². The van der Waals surface area contributed by atoms with E-state index in [0.29, 0.717) is 11.1 Å². The Morgan fingerprint density at radius 2 is 1.15 bits per heavy atom. The van der Waals surface area contributed by atoms with Crippen molar-refractivity contribution < 1.29 is 83.9 Å². The van der Waals surface area contributed by atoms with Gasteiger partial charge in [-0.2, -0.15) is 12.1 Å². The van der Waals surface area contributed by atoms with Gasteiger partial charge in [-0.05, 0) is 0 Å². The fourth-order valence-electron chi connectivity index (χ4n) is 3.27. The van der Waals surface area contributed by atoms with Crippen molar-refractivity contribution in [3.8, 4) is 22.6 Å². The molecule has 4 aromatic rings. The molecule has 1 aliphatic heterocycles.